The van der Waals surface area contributed by atoms with E-state index < -0.39 is 11.7 Å². The highest BCUT2D eigenvalue weighted by molar-refractivity contribution is 5.76. The Hall–Kier alpha value is -1.55. The van der Waals surface area contributed by atoms with E-state index in [1.807, 2.05) is 26.0 Å². The molecule has 30 heavy (non-hydrogen) atoms. The Morgan fingerprint density at radius 2 is 1.67 bits per heavy atom. The van der Waals surface area contributed by atoms with E-state index in [9.17, 15) is 4.79 Å². The van der Waals surface area contributed by atoms with Crippen LogP contribution in [0.15, 0.2) is 24.3 Å². The Balaban J connectivity index is 1.71. The first kappa shape index (κ1) is 24.7. The molecule has 2 atom stereocenters. The lowest BCUT2D eigenvalue weighted by molar-refractivity contribution is -0.188. The highest BCUT2D eigenvalue weighted by atomic mass is 16.7. The van der Waals surface area contributed by atoms with Crippen molar-refractivity contribution in [3.63, 3.8) is 0 Å². The van der Waals surface area contributed by atoms with Gasteiger partial charge in [0.05, 0.1) is 12.0 Å². The van der Waals surface area contributed by atoms with Crippen molar-refractivity contribution in [2.45, 2.75) is 98.7 Å². The number of hydrogen-bond donors (Lipinski definition) is 0. The molecule has 0 N–H and O–H groups in total. The minimum atomic E-state index is -0.583. The van der Waals surface area contributed by atoms with Crippen LogP contribution in [0.3, 0.4) is 0 Å². The van der Waals surface area contributed by atoms with Crippen molar-refractivity contribution in [2.75, 3.05) is 13.2 Å². The summed E-state index contributed by atoms with van der Waals surface area (Å²) in [5, 5.41) is 0. The van der Waals surface area contributed by atoms with Crippen LogP contribution < -0.4 is 4.74 Å². The third-order valence-electron chi connectivity index (χ3n) is 6.13. The molecule has 0 spiro atoms. The number of carbonyl (C=O) groups is 1. The number of carbonyl (C=O) groups excluding carboxylic acids is 1. The fourth-order valence-corrected chi connectivity index (χ4v) is 4.48. The van der Waals surface area contributed by atoms with Gasteiger partial charge >= 0.3 is 5.97 Å². The van der Waals surface area contributed by atoms with Crippen LogP contribution in [0.1, 0.15) is 98.0 Å². The number of hydrogen-bond acceptors (Lipinski definition) is 4. The molecule has 0 bridgehead atoms. The molecule has 0 radical (unpaired) electrons. The standard InChI is InChI=1S/C26H42O4/c1-7-26(6,19-25(3,4)5)24(27)30-20(2)28-17-18-29-23-15-13-22(14-16-23)21-11-9-8-10-12-21/h13-16,20-21H,7-12,17-19H2,1-6H3. The molecule has 1 fully saturated rings. The van der Waals surface area contributed by atoms with Crippen LogP contribution in [-0.2, 0) is 14.3 Å². The van der Waals surface area contributed by atoms with E-state index >= 15 is 0 Å². The number of benzene rings is 1. The highest BCUT2D eigenvalue weighted by Crippen LogP contribution is 2.37. The van der Waals surface area contributed by atoms with E-state index in [0.717, 1.165) is 18.6 Å². The Labute approximate surface area is 183 Å². The summed E-state index contributed by atoms with van der Waals surface area (Å²) < 4.78 is 17.0. The van der Waals surface area contributed by atoms with Gasteiger partial charge in [-0.05, 0) is 68.6 Å². The van der Waals surface area contributed by atoms with Gasteiger partial charge in [0.15, 0.2) is 6.29 Å². The summed E-state index contributed by atoms with van der Waals surface area (Å²) in [5.41, 5.74) is 0.994. The molecule has 2 rings (SSSR count). The summed E-state index contributed by atoms with van der Waals surface area (Å²) in [4.78, 5) is 12.7. The minimum absolute atomic E-state index is 0.0637. The van der Waals surface area contributed by atoms with E-state index in [0.29, 0.717) is 19.1 Å². The maximum absolute atomic E-state index is 12.7. The summed E-state index contributed by atoms with van der Waals surface area (Å²) in [5.74, 6) is 1.37. The van der Waals surface area contributed by atoms with E-state index in [1.165, 1.54) is 37.7 Å². The Bertz CT molecular complexity index is 640. The molecule has 1 aliphatic carbocycles. The van der Waals surface area contributed by atoms with E-state index in [-0.39, 0.29) is 11.4 Å². The van der Waals surface area contributed by atoms with Gasteiger partial charge < -0.3 is 14.2 Å². The molecule has 0 saturated heterocycles. The monoisotopic (exact) mass is 418 g/mol. The van der Waals surface area contributed by atoms with Gasteiger partial charge in [0.2, 0.25) is 0 Å². The molecule has 0 heterocycles. The first-order valence-electron chi connectivity index (χ1n) is 11.7. The van der Waals surface area contributed by atoms with Crippen LogP contribution in [0.4, 0.5) is 0 Å². The summed E-state index contributed by atoms with van der Waals surface area (Å²) in [6.45, 7) is 13.0. The summed E-state index contributed by atoms with van der Waals surface area (Å²) >= 11 is 0. The van der Waals surface area contributed by atoms with Gasteiger partial charge in [0.25, 0.3) is 0 Å². The molecule has 0 aromatic heterocycles. The lowest BCUT2D eigenvalue weighted by Gasteiger charge is -2.33. The molecule has 1 aliphatic rings. The lowest BCUT2D eigenvalue weighted by Crippen LogP contribution is -2.36. The zero-order valence-corrected chi connectivity index (χ0v) is 20.0. The summed E-state index contributed by atoms with van der Waals surface area (Å²) in [6, 6.07) is 8.48. The predicted octanol–water partition coefficient (Wildman–Crippen LogP) is 6.87. The van der Waals surface area contributed by atoms with Crippen molar-refractivity contribution in [3.8, 4) is 5.75 Å². The second kappa shape index (κ2) is 11.2. The molecule has 2 unspecified atom stereocenters. The average molecular weight is 419 g/mol. The largest absolute Gasteiger partial charge is 0.491 e. The highest BCUT2D eigenvalue weighted by Gasteiger charge is 2.37. The predicted molar refractivity (Wildman–Crippen MR) is 122 cm³/mol. The average Bonchev–Trinajstić information content (AvgIpc) is 2.71. The SMILES string of the molecule is CCC(C)(CC(C)(C)C)C(=O)OC(C)OCCOc1ccc(C2CCCCC2)cc1. The van der Waals surface area contributed by atoms with Crippen LogP contribution in [0.5, 0.6) is 5.75 Å². The smallest absolute Gasteiger partial charge is 0.314 e. The Morgan fingerprint density at radius 1 is 1.03 bits per heavy atom. The second-order valence-corrected chi connectivity index (χ2v) is 10.2. The van der Waals surface area contributed by atoms with E-state index in [4.69, 9.17) is 14.2 Å². The fraction of sp³-hybridized carbons (Fsp3) is 0.731. The van der Waals surface area contributed by atoms with Crippen molar-refractivity contribution in [2.24, 2.45) is 10.8 Å². The summed E-state index contributed by atoms with van der Waals surface area (Å²) in [6.07, 6.45) is 7.61. The van der Waals surface area contributed by atoms with Crippen LogP contribution in [0.25, 0.3) is 0 Å². The first-order valence-corrected chi connectivity index (χ1v) is 11.7. The quantitative estimate of drug-likeness (QED) is 0.236. The van der Waals surface area contributed by atoms with Gasteiger partial charge in [-0.2, -0.15) is 0 Å². The lowest BCUT2D eigenvalue weighted by atomic mass is 9.73. The number of ether oxygens (including phenoxy) is 3. The van der Waals surface area contributed by atoms with Crippen molar-refractivity contribution in [1.82, 2.24) is 0 Å². The van der Waals surface area contributed by atoms with Crippen LogP contribution in [0, 0.1) is 10.8 Å². The van der Waals surface area contributed by atoms with Gasteiger partial charge in [0.1, 0.15) is 12.4 Å². The molecule has 4 heteroatoms. The first-order chi connectivity index (χ1) is 14.1. The fourth-order valence-electron chi connectivity index (χ4n) is 4.48. The molecule has 1 aromatic rings. The molecule has 1 aromatic carbocycles. The van der Waals surface area contributed by atoms with Gasteiger partial charge in [-0.1, -0.05) is 59.1 Å². The zero-order valence-electron chi connectivity index (χ0n) is 20.0. The Kier molecular flexibility index (Phi) is 9.21. The zero-order chi connectivity index (χ0) is 22.2. The van der Waals surface area contributed by atoms with Gasteiger partial charge in [0, 0.05) is 0 Å². The van der Waals surface area contributed by atoms with E-state index in [1.54, 1.807) is 6.92 Å². The van der Waals surface area contributed by atoms with Crippen molar-refractivity contribution < 1.29 is 19.0 Å². The number of esters is 1. The van der Waals surface area contributed by atoms with Crippen molar-refractivity contribution >= 4 is 5.97 Å². The molecular weight excluding hydrogens is 376 g/mol. The normalized spacial score (nSPS) is 18.5. The molecular formula is C26H42O4. The van der Waals surface area contributed by atoms with Gasteiger partial charge in [-0.15, -0.1) is 0 Å². The van der Waals surface area contributed by atoms with E-state index in [2.05, 4.69) is 32.9 Å². The third kappa shape index (κ3) is 7.94. The summed E-state index contributed by atoms with van der Waals surface area (Å²) in [7, 11) is 0. The van der Waals surface area contributed by atoms with Gasteiger partial charge in [-0.25, -0.2) is 0 Å². The topological polar surface area (TPSA) is 44.8 Å². The maximum atomic E-state index is 12.7. The minimum Gasteiger partial charge on any atom is -0.491 e. The molecule has 4 nitrogen and oxygen atoms in total. The van der Waals surface area contributed by atoms with Crippen LogP contribution in [-0.4, -0.2) is 25.5 Å². The molecule has 0 aliphatic heterocycles. The maximum Gasteiger partial charge on any atom is 0.314 e. The molecule has 0 amide bonds. The van der Waals surface area contributed by atoms with Crippen LogP contribution in [0.2, 0.25) is 0 Å². The van der Waals surface area contributed by atoms with Crippen molar-refractivity contribution in [1.29, 1.82) is 0 Å². The third-order valence-corrected chi connectivity index (χ3v) is 6.13. The molecule has 1 saturated carbocycles. The van der Waals surface area contributed by atoms with Gasteiger partial charge in [-0.3, -0.25) is 4.79 Å². The Morgan fingerprint density at radius 3 is 2.23 bits per heavy atom. The number of rotatable bonds is 10. The second-order valence-electron chi connectivity index (χ2n) is 10.2. The van der Waals surface area contributed by atoms with Crippen LogP contribution >= 0.6 is 0 Å². The van der Waals surface area contributed by atoms with Crippen molar-refractivity contribution in [3.05, 3.63) is 29.8 Å². The molecule has 170 valence electrons.